The fraction of sp³-hybridized carbons (Fsp3) is 0.412. The normalized spacial score (nSPS) is 15.6. The number of anilines is 2. The largest absolute Gasteiger partial charge is 0.433 e. The average Bonchev–Trinajstić information content (AvgIpc) is 3.08. The Labute approximate surface area is 157 Å². The van der Waals surface area contributed by atoms with Crippen LogP contribution in [-0.4, -0.2) is 46.1 Å². The van der Waals surface area contributed by atoms with Gasteiger partial charge in [-0.15, -0.1) is 11.3 Å². The molecule has 0 bridgehead atoms. The molecule has 27 heavy (non-hydrogen) atoms. The standard InChI is InChI=1S/C17H17F3N6S/c1-10-9-13(17(18,19)20)24-16(21-10)26-6-4-25(5-7-26)14-12-3-8-27-15(12)23-11(2)22-14/h3,8-9H,4-7H2,1-2H3. The number of hydrogen-bond donors (Lipinski definition) is 0. The van der Waals surface area contributed by atoms with Crippen molar-refractivity contribution in [1.82, 2.24) is 19.9 Å². The summed E-state index contributed by atoms with van der Waals surface area (Å²) in [7, 11) is 0. The molecule has 4 heterocycles. The van der Waals surface area contributed by atoms with Gasteiger partial charge in [0.25, 0.3) is 0 Å². The number of fused-ring (bicyclic) bond motifs is 1. The fourth-order valence-electron chi connectivity index (χ4n) is 3.14. The first-order valence-corrected chi connectivity index (χ1v) is 9.34. The lowest BCUT2D eigenvalue weighted by Crippen LogP contribution is -2.47. The smallest absolute Gasteiger partial charge is 0.352 e. The monoisotopic (exact) mass is 394 g/mol. The molecule has 0 radical (unpaired) electrons. The quantitative estimate of drug-likeness (QED) is 0.664. The molecule has 0 unspecified atom stereocenters. The van der Waals surface area contributed by atoms with Crippen LogP contribution >= 0.6 is 11.3 Å². The lowest BCUT2D eigenvalue weighted by atomic mass is 10.2. The van der Waals surface area contributed by atoms with E-state index in [9.17, 15) is 13.2 Å². The molecule has 3 aromatic rings. The van der Waals surface area contributed by atoms with Crippen LogP contribution in [0, 0.1) is 13.8 Å². The van der Waals surface area contributed by atoms with E-state index in [2.05, 4.69) is 24.8 Å². The maximum absolute atomic E-state index is 13.0. The molecule has 0 atom stereocenters. The molecular weight excluding hydrogens is 377 g/mol. The van der Waals surface area contributed by atoms with Gasteiger partial charge in [0, 0.05) is 31.9 Å². The summed E-state index contributed by atoms with van der Waals surface area (Å²) >= 11 is 1.57. The van der Waals surface area contributed by atoms with Crippen molar-refractivity contribution in [3.8, 4) is 0 Å². The first-order valence-electron chi connectivity index (χ1n) is 8.46. The van der Waals surface area contributed by atoms with Gasteiger partial charge in [0.15, 0.2) is 0 Å². The molecule has 4 rings (SSSR count). The van der Waals surface area contributed by atoms with E-state index < -0.39 is 11.9 Å². The highest BCUT2D eigenvalue weighted by Gasteiger charge is 2.34. The van der Waals surface area contributed by atoms with Crippen LogP contribution in [0.2, 0.25) is 0 Å². The molecule has 0 amide bonds. The Balaban J connectivity index is 1.56. The molecule has 10 heteroatoms. The second-order valence-electron chi connectivity index (χ2n) is 6.40. The molecular formula is C17H17F3N6S. The number of halogens is 3. The van der Waals surface area contributed by atoms with Crippen LogP contribution in [0.15, 0.2) is 17.5 Å². The van der Waals surface area contributed by atoms with Gasteiger partial charge in [-0.1, -0.05) is 0 Å². The Morgan fingerprint density at radius 3 is 2.37 bits per heavy atom. The summed E-state index contributed by atoms with van der Waals surface area (Å²) in [6.07, 6.45) is -4.48. The van der Waals surface area contributed by atoms with Crippen molar-refractivity contribution >= 4 is 33.3 Å². The van der Waals surface area contributed by atoms with Crippen LogP contribution in [-0.2, 0) is 6.18 Å². The Kier molecular flexibility index (Phi) is 4.37. The van der Waals surface area contributed by atoms with Crippen molar-refractivity contribution < 1.29 is 13.2 Å². The maximum Gasteiger partial charge on any atom is 0.433 e. The van der Waals surface area contributed by atoms with E-state index in [1.54, 1.807) is 23.2 Å². The van der Waals surface area contributed by atoms with Gasteiger partial charge < -0.3 is 9.80 Å². The molecule has 0 spiro atoms. The zero-order valence-corrected chi connectivity index (χ0v) is 15.6. The van der Waals surface area contributed by atoms with Crippen molar-refractivity contribution in [3.05, 3.63) is 34.7 Å². The maximum atomic E-state index is 13.0. The van der Waals surface area contributed by atoms with Crippen LogP contribution < -0.4 is 9.80 Å². The molecule has 1 aliphatic rings. The van der Waals surface area contributed by atoms with E-state index in [1.807, 2.05) is 18.4 Å². The van der Waals surface area contributed by atoms with Gasteiger partial charge >= 0.3 is 6.18 Å². The molecule has 6 nitrogen and oxygen atoms in total. The Hall–Kier alpha value is -2.49. The molecule has 1 fully saturated rings. The Morgan fingerprint density at radius 1 is 0.963 bits per heavy atom. The molecule has 0 saturated carbocycles. The second-order valence-corrected chi connectivity index (χ2v) is 7.29. The van der Waals surface area contributed by atoms with Gasteiger partial charge in [0.2, 0.25) is 5.95 Å². The zero-order chi connectivity index (χ0) is 19.2. The summed E-state index contributed by atoms with van der Waals surface area (Å²) in [5, 5.41) is 2.99. The molecule has 0 aliphatic carbocycles. The molecule has 0 N–H and O–H groups in total. The second kappa shape index (κ2) is 6.59. The lowest BCUT2D eigenvalue weighted by molar-refractivity contribution is -0.141. The lowest BCUT2D eigenvalue weighted by Gasteiger charge is -2.35. The highest BCUT2D eigenvalue weighted by atomic mass is 32.1. The number of aromatic nitrogens is 4. The Bertz CT molecular complexity index is 978. The third kappa shape index (κ3) is 3.53. The van der Waals surface area contributed by atoms with Crippen molar-refractivity contribution in [2.24, 2.45) is 0 Å². The third-order valence-corrected chi connectivity index (χ3v) is 5.22. The third-order valence-electron chi connectivity index (χ3n) is 4.41. The van der Waals surface area contributed by atoms with E-state index in [1.165, 1.54) is 0 Å². The van der Waals surface area contributed by atoms with E-state index >= 15 is 0 Å². The van der Waals surface area contributed by atoms with E-state index in [0.717, 1.165) is 22.1 Å². The van der Waals surface area contributed by atoms with Gasteiger partial charge in [0.05, 0.1) is 5.39 Å². The van der Waals surface area contributed by atoms with E-state index in [4.69, 9.17) is 0 Å². The summed E-state index contributed by atoms with van der Waals surface area (Å²) in [6.45, 7) is 5.71. The number of piperazine rings is 1. The predicted molar refractivity (Wildman–Crippen MR) is 98.3 cm³/mol. The number of aryl methyl sites for hydroxylation is 2. The Morgan fingerprint density at radius 2 is 1.67 bits per heavy atom. The van der Waals surface area contributed by atoms with Crippen molar-refractivity contribution in [3.63, 3.8) is 0 Å². The van der Waals surface area contributed by atoms with Crippen LogP contribution in [0.1, 0.15) is 17.2 Å². The number of alkyl halides is 3. The fourth-order valence-corrected chi connectivity index (χ4v) is 3.95. The first kappa shape index (κ1) is 17.9. The van der Waals surface area contributed by atoms with Crippen molar-refractivity contribution in [2.45, 2.75) is 20.0 Å². The topological polar surface area (TPSA) is 58.0 Å². The SMILES string of the molecule is Cc1cc(C(F)(F)F)nc(N2CCN(c3nc(C)nc4sccc34)CC2)n1. The number of thiophene rings is 1. The predicted octanol–water partition coefficient (Wildman–Crippen LogP) is 3.44. The summed E-state index contributed by atoms with van der Waals surface area (Å²) in [5.74, 6) is 1.71. The van der Waals surface area contributed by atoms with Crippen LogP contribution in [0.3, 0.4) is 0 Å². The van der Waals surface area contributed by atoms with Gasteiger partial charge in [-0.2, -0.15) is 13.2 Å². The minimum absolute atomic E-state index is 0.126. The minimum Gasteiger partial charge on any atom is -0.352 e. The molecule has 142 valence electrons. The summed E-state index contributed by atoms with van der Waals surface area (Å²) in [4.78, 5) is 21.8. The van der Waals surface area contributed by atoms with Crippen LogP contribution in [0.4, 0.5) is 24.9 Å². The van der Waals surface area contributed by atoms with Crippen molar-refractivity contribution in [2.75, 3.05) is 36.0 Å². The molecule has 3 aromatic heterocycles. The van der Waals surface area contributed by atoms with E-state index in [0.29, 0.717) is 37.7 Å². The average molecular weight is 394 g/mol. The van der Waals surface area contributed by atoms with Crippen LogP contribution in [0.5, 0.6) is 0 Å². The van der Waals surface area contributed by atoms with Crippen LogP contribution in [0.25, 0.3) is 10.2 Å². The van der Waals surface area contributed by atoms with Gasteiger partial charge in [-0.25, -0.2) is 19.9 Å². The zero-order valence-electron chi connectivity index (χ0n) is 14.8. The number of nitrogens with zero attached hydrogens (tertiary/aromatic N) is 6. The van der Waals surface area contributed by atoms with Gasteiger partial charge in [-0.05, 0) is 31.4 Å². The number of rotatable bonds is 2. The summed E-state index contributed by atoms with van der Waals surface area (Å²) in [5.41, 5.74) is -0.597. The molecule has 1 saturated heterocycles. The van der Waals surface area contributed by atoms with E-state index in [-0.39, 0.29) is 5.95 Å². The van der Waals surface area contributed by atoms with Gasteiger partial charge in [-0.3, -0.25) is 0 Å². The molecule has 0 aromatic carbocycles. The van der Waals surface area contributed by atoms with Crippen molar-refractivity contribution in [1.29, 1.82) is 0 Å². The minimum atomic E-state index is -4.48. The summed E-state index contributed by atoms with van der Waals surface area (Å²) < 4.78 is 39.1. The molecule has 1 aliphatic heterocycles. The van der Waals surface area contributed by atoms with Gasteiger partial charge in [0.1, 0.15) is 22.2 Å². The number of hydrogen-bond acceptors (Lipinski definition) is 7. The highest BCUT2D eigenvalue weighted by Crippen LogP contribution is 2.31. The summed E-state index contributed by atoms with van der Waals surface area (Å²) in [6, 6.07) is 2.97. The highest BCUT2D eigenvalue weighted by molar-refractivity contribution is 7.16. The first-order chi connectivity index (χ1) is 12.8.